The van der Waals surface area contributed by atoms with Crippen LogP contribution in [-0.2, 0) is 0 Å². The molecule has 2 rings (SSSR count). The van der Waals surface area contributed by atoms with Gasteiger partial charge in [0.15, 0.2) is 0 Å². The third-order valence-electron chi connectivity index (χ3n) is 2.67. The number of hydrogen-bond donors (Lipinski definition) is 0. The Balaban J connectivity index is 2.30. The van der Waals surface area contributed by atoms with Gasteiger partial charge in [-0.25, -0.2) is 4.98 Å². The topological polar surface area (TPSA) is 35.0 Å². The van der Waals surface area contributed by atoms with Gasteiger partial charge in [-0.1, -0.05) is 22.4 Å². The lowest BCUT2D eigenvalue weighted by molar-refractivity contribution is 0.384. The molecule has 0 amide bonds. The van der Waals surface area contributed by atoms with E-state index < -0.39 is 0 Å². The van der Waals surface area contributed by atoms with Gasteiger partial charge < -0.3 is 4.74 Å². The van der Waals surface area contributed by atoms with Crippen LogP contribution in [-0.4, -0.2) is 21.9 Å². The fraction of sp³-hybridized carbons (Fsp3) is 0.600. The van der Waals surface area contributed by atoms with Gasteiger partial charge in [0.1, 0.15) is 5.69 Å². The Labute approximate surface area is 92.0 Å². The molecular formula is C10H13BrN2O. The summed E-state index contributed by atoms with van der Waals surface area (Å²) < 4.78 is 5.21. The Morgan fingerprint density at radius 3 is 2.79 bits per heavy atom. The highest BCUT2D eigenvalue weighted by molar-refractivity contribution is 9.09. The number of methoxy groups -OCH3 is 1. The van der Waals surface area contributed by atoms with E-state index in [9.17, 15) is 0 Å². The predicted molar refractivity (Wildman–Crippen MR) is 57.9 cm³/mol. The van der Waals surface area contributed by atoms with Gasteiger partial charge in [0.25, 0.3) is 0 Å². The quantitative estimate of drug-likeness (QED) is 0.763. The highest BCUT2D eigenvalue weighted by Crippen LogP contribution is 2.40. The fourth-order valence-electron chi connectivity index (χ4n) is 1.97. The third-order valence-corrected chi connectivity index (χ3v) is 3.76. The maximum absolute atomic E-state index is 5.21. The number of nitrogens with zero attached hydrogens (tertiary/aromatic N) is 2. The smallest absolute Gasteiger partial charge is 0.235 e. The maximum atomic E-state index is 5.21. The van der Waals surface area contributed by atoms with Crippen molar-refractivity contribution in [3.63, 3.8) is 0 Å². The summed E-state index contributed by atoms with van der Waals surface area (Å²) in [5.41, 5.74) is 0.995. The number of alkyl halides is 1. The first-order valence-electron chi connectivity index (χ1n) is 4.82. The monoisotopic (exact) mass is 256 g/mol. The van der Waals surface area contributed by atoms with Gasteiger partial charge in [0, 0.05) is 23.1 Å². The van der Waals surface area contributed by atoms with Gasteiger partial charge in [0.2, 0.25) is 5.88 Å². The molecule has 0 radical (unpaired) electrons. The van der Waals surface area contributed by atoms with Crippen molar-refractivity contribution in [2.24, 2.45) is 0 Å². The average molecular weight is 257 g/mol. The normalized spacial score (nSPS) is 26.4. The molecular weight excluding hydrogens is 244 g/mol. The molecule has 1 saturated carbocycles. The molecule has 0 spiro atoms. The highest BCUT2D eigenvalue weighted by Gasteiger charge is 2.30. The van der Waals surface area contributed by atoms with Crippen LogP contribution in [0.1, 0.15) is 30.9 Å². The van der Waals surface area contributed by atoms with Crippen molar-refractivity contribution in [3.8, 4) is 5.88 Å². The van der Waals surface area contributed by atoms with Crippen molar-refractivity contribution in [1.82, 2.24) is 9.97 Å². The zero-order chi connectivity index (χ0) is 9.97. The van der Waals surface area contributed by atoms with E-state index >= 15 is 0 Å². The Kier molecular flexibility index (Phi) is 3.01. The van der Waals surface area contributed by atoms with Gasteiger partial charge in [-0.15, -0.1) is 0 Å². The summed E-state index contributed by atoms with van der Waals surface area (Å²) in [5.74, 6) is 1.13. The van der Waals surface area contributed by atoms with Crippen LogP contribution in [0.3, 0.4) is 0 Å². The van der Waals surface area contributed by atoms with Crippen LogP contribution < -0.4 is 4.74 Å². The molecule has 2 atom stereocenters. The Morgan fingerprint density at radius 2 is 2.14 bits per heavy atom. The molecule has 4 heteroatoms. The molecule has 3 nitrogen and oxygen atoms in total. The van der Waals surface area contributed by atoms with E-state index in [1.54, 1.807) is 19.5 Å². The zero-order valence-electron chi connectivity index (χ0n) is 8.11. The minimum atomic E-state index is 0.457. The average Bonchev–Trinajstić information content (AvgIpc) is 2.64. The van der Waals surface area contributed by atoms with E-state index in [1.807, 2.05) is 0 Å². The first-order chi connectivity index (χ1) is 6.83. The first kappa shape index (κ1) is 9.90. The Hall–Kier alpha value is -0.640. The summed E-state index contributed by atoms with van der Waals surface area (Å²) >= 11 is 3.68. The molecule has 1 fully saturated rings. The molecule has 1 aliphatic carbocycles. The molecule has 0 saturated heterocycles. The van der Waals surface area contributed by atoms with Crippen LogP contribution in [0, 0.1) is 0 Å². The zero-order valence-corrected chi connectivity index (χ0v) is 9.70. The summed E-state index contributed by atoms with van der Waals surface area (Å²) in [6.07, 6.45) is 7.03. The van der Waals surface area contributed by atoms with Crippen molar-refractivity contribution >= 4 is 15.9 Å². The molecule has 0 aliphatic heterocycles. The fourth-order valence-corrected chi connectivity index (χ4v) is 2.81. The largest absolute Gasteiger partial charge is 0.480 e. The summed E-state index contributed by atoms with van der Waals surface area (Å²) in [6, 6.07) is 0. The predicted octanol–water partition coefficient (Wildman–Crippen LogP) is 2.52. The SMILES string of the molecule is COc1nccnc1C1CCCC1Br. The van der Waals surface area contributed by atoms with E-state index in [1.165, 1.54) is 19.3 Å². The van der Waals surface area contributed by atoms with Crippen LogP contribution in [0.5, 0.6) is 5.88 Å². The van der Waals surface area contributed by atoms with Crippen LogP contribution >= 0.6 is 15.9 Å². The van der Waals surface area contributed by atoms with E-state index in [-0.39, 0.29) is 0 Å². The molecule has 1 heterocycles. The Morgan fingerprint density at radius 1 is 1.36 bits per heavy atom. The second-order valence-corrected chi connectivity index (χ2v) is 4.68. The summed E-state index contributed by atoms with van der Waals surface area (Å²) in [5, 5.41) is 0. The van der Waals surface area contributed by atoms with E-state index in [0.29, 0.717) is 16.6 Å². The lowest BCUT2D eigenvalue weighted by atomic mass is 10.0. The second kappa shape index (κ2) is 4.26. The number of aromatic nitrogens is 2. The highest BCUT2D eigenvalue weighted by atomic mass is 79.9. The standard InChI is InChI=1S/C10H13BrN2O/c1-14-10-9(12-5-6-13-10)7-3-2-4-8(7)11/h5-8H,2-4H2,1H3. The summed E-state index contributed by atoms with van der Waals surface area (Å²) in [7, 11) is 1.64. The van der Waals surface area contributed by atoms with E-state index in [0.717, 1.165) is 5.69 Å². The van der Waals surface area contributed by atoms with Crippen molar-refractivity contribution < 1.29 is 4.74 Å². The molecule has 0 bridgehead atoms. The first-order valence-corrected chi connectivity index (χ1v) is 5.73. The second-order valence-electron chi connectivity index (χ2n) is 3.50. The van der Waals surface area contributed by atoms with Crippen LogP contribution in [0.25, 0.3) is 0 Å². The third kappa shape index (κ3) is 1.75. The minimum absolute atomic E-state index is 0.457. The summed E-state index contributed by atoms with van der Waals surface area (Å²) in [4.78, 5) is 9.06. The Bertz CT molecular complexity index is 319. The number of hydrogen-bond acceptors (Lipinski definition) is 3. The van der Waals surface area contributed by atoms with E-state index in [2.05, 4.69) is 25.9 Å². The summed E-state index contributed by atoms with van der Waals surface area (Å²) in [6.45, 7) is 0. The van der Waals surface area contributed by atoms with Gasteiger partial charge in [-0.3, -0.25) is 4.98 Å². The molecule has 2 unspecified atom stereocenters. The van der Waals surface area contributed by atoms with Crippen molar-refractivity contribution in [3.05, 3.63) is 18.1 Å². The van der Waals surface area contributed by atoms with E-state index in [4.69, 9.17) is 4.74 Å². The van der Waals surface area contributed by atoms with Crippen molar-refractivity contribution in [2.45, 2.75) is 30.0 Å². The van der Waals surface area contributed by atoms with Crippen molar-refractivity contribution in [1.29, 1.82) is 0 Å². The molecule has 14 heavy (non-hydrogen) atoms. The van der Waals surface area contributed by atoms with Crippen LogP contribution in [0.2, 0.25) is 0 Å². The maximum Gasteiger partial charge on any atom is 0.235 e. The van der Waals surface area contributed by atoms with Crippen molar-refractivity contribution in [2.75, 3.05) is 7.11 Å². The van der Waals surface area contributed by atoms with Gasteiger partial charge in [-0.2, -0.15) is 0 Å². The molecule has 1 aromatic rings. The van der Waals surface area contributed by atoms with Gasteiger partial charge in [-0.05, 0) is 12.8 Å². The minimum Gasteiger partial charge on any atom is -0.480 e. The van der Waals surface area contributed by atoms with Gasteiger partial charge >= 0.3 is 0 Å². The van der Waals surface area contributed by atoms with Crippen LogP contribution in [0.4, 0.5) is 0 Å². The molecule has 76 valence electrons. The molecule has 0 N–H and O–H groups in total. The number of halogens is 1. The van der Waals surface area contributed by atoms with Gasteiger partial charge in [0.05, 0.1) is 7.11 Å². The lowest BCUT2D eigenvalue weighted by Gasteiger charge is -2.14. The number of rotatable bonds is 2. The molecule has 1 aromatic heterocycles. The lowest BCUT2D eigenvalue weighted by Crippen LogP contribution is -2.09. The molecule has 1 aliphatic rings. The molecule has 0 aromatic carbocycles. The van der Waals surface area contributed by atoms with Crippen LogP contribution in [0.15, 0.2) is 12.4 Å². The number of ether oxygens (including phenoxy) is 1.